The summed E-state index contributed by atoms with van der Waals surface area (Å²) in [4.78, 5) is 5.78. The maximum absolute atomic E-state index is 4.73. The van der Waals surface area contributed by atoms with Gasteiger partial charge in [0.25, 0.3) is 0 Å². The van der Waals surface area contributed by atoms with E-state index in [0.717, 1.165) is 27.5 Å². The van der Waals surface area contributed by atoms with Crippen LogP contribution in [0.1, 0.15) is 36.1 Å². The third-order valence-corrected chi connectivity index (χ3v) is 5.90. The lowest BCUT2D eigenvalue weighted by Crippen LogP contribution is -2.37. The fourth-order valence-corrected chi connectivity index (χ4v) is 4.58. The van der Waals surface area contributed by atoms with Crippen LogP contribution in [0.3, 0.4) is 0 Å². The van der Waals surface area contributed by atoms with E-state index in [1.807, 2.05) is 6.92 Å². The van der Waals surface area contributed by atoms with Gasteiger partial charge >= 0.3 is 0 Å². The van der Waals surface area contributed by atoms with Crippen molar-refractivity contribution in [2.24, 2.45) is 0 Å². The van der Waals surface area contributed by atoms with Gasteiger partial charge < -0.3 is 5.43 Å². The summed E-state index contributed by atoms with van der Waals surface area (Å²) in [5, 5.41) is 7.45. The highest BCUT2D eigenvalue weighted by Gasteiger charge is 2.29. The van der Waals surface area contributed by atoms with Gasteiger partial charge in [0, 0.05) is 28.4 Å². The largest absolute Gasteiger partial charge is 0.301 e. The number of hydrogen-bond donors (Lipinski definition) is 1. The van der Waals surface area contributed by atoms with Gasteiger partial charge in [-0.15, -0.1) is 11.3 Å². The Morgan fingerprint density at radius 2 is 1.96 bits per heavy atom. The lowest BCUT2D eigenvalue weighted by Gasteiger charge is -2.26. The minimum atomic E-state index is 0.222. The van der Waals surface area contributed by atoms with E-state index in [9.17, 15) is 0 Å². The van der Waals surface area contributed by atoms with E-state index in [-0.39, 0.29) is 6.04 Å². The summed E-state index contributed by atoms with van der Waals surface area (Å²) in [5.41, 5.74) is 9.55. The van der Waals surface area contributed by atoms with Crippen molar-refractivity contribution >= 4 is 33.8 Å². The van der Waals surface area contributed by atoms with Gasteiger partial charge in [0.1, 0.15) is 4.83 Å². The zero-order valence-electron chi connectivity index (χ0n) is 15.5. The molecule has 0 saturated carbocycles. The van der Waals surface area contributed by atoms with Crippen molar-refractivity contribution in [2.75, 3.05) is 0 Å². The highest BCUT2D eigenvalue weighted by molar-refractivity contribution is 7.16. The van der Waals surface area contributed by atoms with Crippen molar-refractivity contribution in [3.63, 3.8) is 0 Å². The Kier molecular flexibility index (Phi) is 4.08. The normalized spacial score (nSPS) is 19.0. The molecule has 1 unspecified atom stereocenters. The van der Waals surface area contributed by atoms with Crippen molar-refractivity contribution in [2.45, 2.75) is 33.2 Å². The summed E-state index contributed by atoms with van der Waals surface area (Å²) in [6, 6.07) is 11.1. The van der Waals surface area contributed by atoms with Crippen molar-refractivity contribution in [3.05, 3.63) is 75.2 Å². The molecule has 2 aromatic heterocycles. The fourth-order valence-electron chi connectivity index (χ4n) is 3.73. The highest BCUT2D eigenvalue weighted by Crippen LogP contribution is 2.34. The van der Waals surface area contributed by atoms with Crippen molar-refractivity contribution in [1.29, 1.82) is 0 Å². The zero-order chi connectivity index (χ0) is 18.4. The molecule has 0 aliphatic carbocycles. The van der Waals surface area contributed by atoms with E-state index in [2.05, 4.69) is 73.2 Å². The smallest absolute Gasteiger partial charge is 0.124 e. The fraction of sp³-hybridized carbons (Fsp3) is 0.227. The zero-order valence-corrected chi connectivity index (χ0v) is 16.3. The van der Waals surface area contributed by atoms with Crippen LogP contribution in [0.25, 0.3) is 22.5 Å². The van der Waals surface area contributed by atoms with Crippen LogP contribution in [-0.2, 0) is 0 Å². The molecule has 3 nitrogen and oxygen atoms in total. The number of nitrogens with zero attached hydrogens (tertiary/aromatic N) is 2. The molecule has 1 aromatic carbocycles. The summed E-state index contributed by atoms with van der Waals surface area (Å²) >= 11 is 1.67. The minimum Gasteiger partial charge on any atom is -0.301 e. The van der Waals surface area contributed by atoms with Crippen molar-refractivity contribution in [1.82, 2.24) is 15.4 Å². The Hall–Kier alpha value is -2.59. The number of nitrogens with one attached hydrogen (secondary N) is 1. The van der Waals surface area contributed by atoms with E-state index in [4.69, 9.17) is 4.98 Å². The highest BCUT2D eigenvalue weighted by atomic mass is 32.1. The molecule has 1 aliphatic heterocycles. The predicted octanol–water partition coefficient (Wildman–Crippen LogP) is 3.92. The Bertz CT molecular complexity index is 1110. The summed E-state index contributed by atoms with van der Waals surface area (Å²) in [5.74, 6) is 0. The molecular formula is C22H23N3S. The van der Waals surface area contributed by atoms with Gasteiger partial charge in [0.2, 0.25) is 0 Å². The first-order valence-electron chi connectivity index (χ1n) is 8.79. The SMILES string of the molecule is C=C(C)N1NC(=c2c(C)c3ccsc3nc2=C)CC1c1ccc(C)cc1. The summed E-state index contributed by atoms with van der Waals surface area (Å²) in [7, 11) is 0. The minimum absolute atomic E-state index is 0.222. The van der Waals surface area contributed by atoms with Crippen LogP contribution in [-0.4, -0.2) is 9.99 Å². The summed E-state index contributed by atoms with van der Waals surface area (Å²) in [6.07, 6.45) is 0.886. The molecule has 3 heterocycles. The lowest BCUT2D eigenvalue weighted by molar-refractivity contribution is 0.261. The number of aromatic nitrogens is 1. The van der Waals surface area contributed by atoms with Gasteiger partial charge in [0.15, 0.2) is 0 Å². The van der Waals surface area contributed by atoms with Gasteiger partial charge in [-0.1, -0.05) is 43.0 Å². The molecule has 1 aliphatic rings. The second-order valence-corrected chi connectivity index (χ2v) is 7.92. The number of thiophene rings is 1. The number of rotatable bonds is 2. The number of aryl methyl sites for hydroxylation is 2. The van der Waals surface area contributed by atoms with Gasteiger partial charge in [-0.25, -0.2) is 4.98 Å². The Morgan fingerprint density at radius 3 is 2.65 bits per heavy atom. The van der Waals surface area contributed by atoms with Gasteiger partial charge in [-0.2, -0.15) is 0 Å². The summed E-state index contributed by atoms with van der Waals surface area (Å²) < 4.78 is 0. The first-order valence-corrected chi connectivity index (χ1v) is 9.67. The predicted molar refractivity (Wildman–Crippen MR) is 111 cm³/mol. The average Bonchev–Trinajstić information content (AvgIpc) is 3.23. The topological polar surface area (TPSA) is 28.2 Å². The van der Waals surface area contributed by atoms with E-state index in [1.165, 1.54) is 27.8 Å². The average molecular weight is 362 g/mol. The van der Waals surface area contributed by atoms with Crippen molar-refractivity contribution in [3.8, 4) is 0 Å². The van der Waals surface area contributed by atoms with Crippen LogP contribution < -0.4 is 16.0 Å². The van der Waals surface area contributed by atoms with Gasteiger partial charge in [-0.3, -0.25) is 5.01 Å². The van der Waals surface area contributed by atoms with Crippen LogP contribution in [0, 0.1) is 13.8 Å². The second-order valence-electron chi connectivity index (χ2n) is 7.02. The van der Waals surface area contributed by atoms with Crippen LogP contribution in [0.15, 0.2) is 48.0 Å². The third kappa shape index (κ3) is 2.71. The molecule has 4 heteroatoms. The quantitative estimate of drug-likeness (QED) is 0.750. The molecule has 3 aromatic rings. The molecule has 0 radical (unpaired) electrons. The number of hydrogen-bond acceptors (Lipinski definition) is 4. The molecule has 1 N–H and O–H groups in total. The number of allylic oxidation sites excluding steroid dienone is 1. The van der Waals surface area contributed by atoms with E-state index < -0.39 is 0 Å². The number of pyridine rings is 1. The lowest BCUT2D eigenvalue weighted by atomic mass is 10.00. The van der Waals surface area contributed by atoms with Crippen LogP contribution in [0.4, 0.5) is 0 Å². The number of fused-ring (bicyclic) bond motifs is 1. The first-order chi connectivity index (χ1) is 12.5. The standard InChI is InChI=1S/C22H23N3S/c1-13(2)25-20(17-8-6-14(3)7-9-17)12-19(24-25)21-15(4)18-10-11-26-22(18)23-16(21)5/h6-11,20,24H,1,5,12H2,2-4H3. The molecule has 0 bridgehead atoms. The Morgan fingerprint density at radius 1 is 1.23 bits per heavy atom. The van der Waals surface area contributed by atoms with Crippen molar-refractivity contribution < 1.29 is 0 Å². The van der Waals surface area contributed by atoms with Crippen LogP contribution >= 0.6 is 11.3 Å². The molecule has 1 fully saturated rings. The molecule has 0 amide bonds. The van der Waals surface area contributed by atoms with Crippen LogP contribution in [0.2, 0.25) is 0 Å². The molecule has 1 atom stereocenters. The van der Waals surface area contributed by atoms with Gasteiger partial charge in [0.05, 0.1) is 11.4 Å². The first kappa shape index (κ1) is 16.9. The molecule has 132 valence electrons. The number of benzene rings is 1. The molecular weight excluding hydrogens is 338 g/mol. The summed E-state index contributed by atoms with van der Waals surface area (Å²) in [6.45, 7) is 14.7. The van der Waals surface area contributed by atoms with Gasteiger partial charge in [-0.05, 0) is 43.3 Å². The van der Waals surface area contributed by atoms with E-state index in [0.29, 0.717) is 0 Å². The Labute approximate surface area is 158 Å². The van der Waals surface area contributed by atoms with Crippen LogP contribution in [0.5, 0.6) is 0 Å². The maximum Gasteiger partial charge on any atom is 0.124 e. The second kappa shape index (κ2) is 6.29. The molecule has 1 saturated heterocycles. The van der Waals surface area contributed by atoms with E-state index in [1.54, 1.807) is 11.3 Å². The molecule has 26 heavy (non-hydrogen) atoms. The molecule has 4 rings (SSSR count). The Balaban J connectivity index is 1.89. The molecule has 0 spiro atoms. The monoisotopic (exact) mass is 361 g/mol. The third-order valence-electron chi connectivity index (χ3n) is 5.09. The number of hydrazine groups is 1. The maximum atomic E-state index is 4.73. The van der Waals surface area contributed by atoms with E-state index >= 15 is 0 Å².